The fourth-order valence-corrected chi connectivity index (χ4v) is 5.26. The maximum Gasteiger partial charge on any atom is 0.223 e. The quantitative estimate of drug-likeness (QED) is 0.597. The van der Waals surface area contributed by atoms with E-state index in [1.54, 1.807) is 0 Å². The van der Waals surface area contributed by atoms with Crippen LogP contribution in [0.15, 0.2) is 60.7 Å². The maximum atomic E-state index is 12.6. The predicted octanol–water partition coefficient (Wildman–Crippen LogP) is 5.10. The number of piperidine rings is 1. The SMILES string of the molecule is O=C(NCc1ccccc1)C1CCN(CCN(CC2CCCCC2)c2ccccc2)CC1. The minimum atomic E-state index is 0.155. The van der Waals surface area contributed by atoms with Gasteiger partial charge in [-0.1, -0.05) is 67.8 Å². The number of carbonyl (C=O) groups is 1. The van der Waals surface area contributed by atoms with E-state index in [9.17, 15) is 4.79 Å². The molecule has 0 spiro atoms. The van der Waals surface area contributed by atoms with Crippen LogP contribution in [0.4, 0.5) is 5.69 Å². The molecule has 2 aliphatic rings. The van der Waals surface area contributed by atoms with E-state index < -0.39 is 0 Å². The van der Waals surface area contributed by atoms with Crippen molar-refractivity contribution in [3.05, 3.63) is 66.2 Å². The van der Waals surface area contributed by atoms with Gasteiger partial charge in [0.15, 0.2) is 0 Å². The molecule has 0 aromatic heterocycles. The summed E-state index contributed by atoms with van der Waals surface area (Å²) in [5.41, 5.74) is 2.52. The Balaban J connectivity index is 1.22. The Kier molecular flexibility index (Phi) is 8.61. The Hall–Kier alpha value is -2.33. The highest BCUT2D eigenvalue weighted by Gasteiger charge is 2.25. The normalized spacial score (nSPS) is 18.4. The number of hydrogen-bond acceptors (Lipinski definition) is 3. The number of nitrogens with one attached hydrogen (secondary N) is 1. The number of carbonyl (C=O) groups excluding carboxylic acids is 1. The fraction of sp³-hybridized carbons (Fsp3) is 0.536. The first kappa shape index (κ1) is 22.8. The number of likely N-dealkylation sites (tertiary alicyclic amines) is 1. The molecule has 172 valence electrons. The maximum absolute atomic E-state index is 12.6. The number of nitrogens with zero attached hydrogens (tertiary/aromatic N) is 2. The average molecular weight is 434 g/mol. The van der Waals surface area contributed by atoms with Crippen LogP contribution < -0.4 is 10.2 Å². The van der Waals surface area contributed by atoms with Crippen LogP contribution in [0.5, 0.6) is 0 Å². The molecule has 4 heteroatoms. The summed E-state index contributed by atoms with van der Waals surface area (Å²) in [5.74, 6) is 1.21. The first-order valence-electron chi connectivity index (χ1n) is 12.6. The van der Waals surface area contributed by atoms with Crippen molar-refractivity contribution in [1.29, 1.82) is 0 Å². The van der Waals surface area contributed by atoms with Gasteiger partial charge in [-0.3, -0.25) is 4.79 Å². The zero-order chi connectivity index (χ0) is 22.0. The Labute approximate surface area is 194 Å². The molecule has 4 nitrogen and oxygen atoms in total. The summed E-state index contributed by atoms with van der Waals surface area (Å²) in [4.78, 5) is 17.8. The lowest BCUT2D eigenvalue weighted by Crippen LogP contribution is -2.44. The van der Waals surface area contributed by atoms with Crippen molar-refractivity contribution < 1.29 is 4.79 Å². The van der Waals surface area contributed by atoms with Crippen molar-refractivity contribution >= 4 is 11.6 Å². The molecule has 2 fully saturated rings. The molecular weight excluding hydrogens is 394 g/mol. The van der Waals surface area contributed by atoms with Gasteiger partial charge in [0.2, 0.25) is 5.91 Å². The molecule has 1 N–H and O–H groups in total. The second-order valence-corrected chi connectivity index (χ2v) is 9.60. The molecule has 0 bridgehead atoms. The van der Waals surface area contributed by atoms with Crippen LogP contribution in [0.2, 0.25) is 0 Å². The summed E-state index contributed by atoms with van der Waals surface area (Å²) in [6.07, 6.45) is 8.90. The van der Waals surface area contributed by atoms with E-state index in [1.165, 1.54) is 44.3 Å². The van der Waals surface area contributed by atoms with Gasteiger partial charge in [0.05, 0.1) is 0 Å². The third kappa shape index (κ3) is 6.83. The van der Waals surface area contributed by atoms with E-state index in [1.807, 2.05) is 18.2 Å². The van der Waals surface area contributed by atoms with Gasteiger partial charge in [-0.05, 0) is 62.4 Å². The van der Waals surface area contributed by atoms with Crippen LogP contribution in [-0.2, 0) is 11.3 Å². The second kappa shape index (κ2) is 12.1. The van der Waals surface area contributed by atoms with E-state index in [-0.39, 0.29) is 11.8 Å². The molecule has 1 heterocycles. The highest BCUT2D eigenvalue weighted by Crippen LogP contribution is 2.26. The Morgan fingerprint density at radius 1 is 0.875 bits per heavy atom. The van der Waals surface area contributed by atoms with E-state index in [0.29, 0.717) is 6.54 Å². The second-order valence-electron chi connectivity index (χ2n) is 9.60. The van der Waals surface area contributed by atoms with Gasteiger partial charge < -0.3 is 15.1 Å². The average Bonchev–Trinajstić information content (AvgIpc) is 2.87. The van der Waals surface area contributed by atoms with Crippen LogP contribution in [-0.4, -0.2) is 43.5 Å². The molecule has 2 aromatic carbocycles. The van der Waals surface area contributed by atoms with Crippen molar-refractivity contribution in [3.8, 4) is 0 Å². The number of amides is 1. The molecule has 0 radical (unpaired) electrons. The monoisotopic (exact) mass is 433 g/mol. The Morgan fingerprint density at radius 2 is 1.53 bits per heavy atom. The smallest absolute Gasteiger partial charge is 0.223 e. The molecule has 1 aliphatic heterocycles. The van der Waals surface area contributed by atoms with Crippen molar-refractivity contribution in [2.45, 2.75) is 51.5 Å². The molecule has 32 heavy (non-hydrogen) atoms. The Bertz CT molecular complexity index is 796. The lowest BCUT2D eigenvalue weighted by Gasteiger charge is -2.35. The third-order valence-corrected chi connectivity index (χ3v) is 7.28. The van der Waals surface area contributed by atoms with Crippen LogP contribution in [0.25, 0.3) is 0 Å². The van der Waals surface area contributed by atoms with Gasteiger partial charge in [0, 0.05) is 37.8 Å². The van der Waals surface area contributed by atoms with Gasteiger partial charge in [-0.15, -0.1) is 0 Å². The number of anilines is 1. The molecule has 4 rings (SSSR count). The minimum absolute atomic E-state index is 0.155. The summed E-state index contributed by atoms with van der Waals surface area (Å²) in [7, 11) is 0. The first-order valence-corrected chi connectivity index (χ1v) is 12.6. The van der Waals surface area contributed by atoms with Gasteiger partial charge >= 0.3 is 0 Å². The molecule has 2 aromatic rings. The standard InChI is InChI=1S/C28H39N3O/c32-28(29-22-24-10-4-1-5-11-24)26-16-18-30(19-17-26)20-21-31(27-14-8-3-9-15-27)23-25-12-6-2-7-13-25/h1,3-5,8-11,14-15,25-26H,2,6-7,12-13,16-23H2,(H,29,32). The van der Waals surface area contributed by atoms with E-state index in [4.69, 9.17) is 0 Å². The van der Waals surface area contributed by atoms with E-state index in [0.717, 1.165) is 50.5 Å². The topological polar surface area (TPSA) is 35.6 Å². The van der Waals surface area contributed by atoms with Gasteiger partial charge in [0.1, 0.15) is 0 Å². The number of rotatable bonds is 9. The van der Waals surface area contributed by atoms with E-state index in [2.05, 4.69) is 57.6 Å². The minimum Gasteiger partial charge on any atom is -0.370 e. The van der Waals surface area contributed by atoms with Gasteiger partial charge in [-0.25, -0.2) is 0 Å². The molecule has 1 saturated carbocycles. The summed E-state index contributed by atoms with van der Waals surface area (Å²) < 4.78 is 0. The highest BCUT2D eigenvalue weighted by molar-refractivity contribution is 5.78. The largest absolute Gasteiger partial charge is 0.370 e. The molecule has 0 unspecified atom stereocenters. The van der Waals surface area contributed by atoms with Crippen LogP contribution in [0, 0.1) is 11.8 Å². The van der Waals surface area contributed by atoms with Gasteiger partial charge in [-0.2, -0.15) is 0 Å². The molecule has 0 atom stereocenters. The lowest BCUT2D eigenvalue weighted by molar-refractivity contribution is -0.126. The summed E-state index contributed by atoms with van der Waals surface area (Å²) in [6.45, 7) is 6.02. The van der Waals surface area contributed by atoms with Crippen LogP contribution in [0.3, 0.4) is 0 Å². The molecule has 1 aliphatic carbocycles. The number of para-hydroxylation sites is 1. The van der Waals surface area contributed by atoms with Crippen molar-refractivity contribution in [1.82, 2.24) is 10.2 Å². The van der Waals surface area contributed by atoms with Crippen LogP contribution in [0.1, 0.15) is 50.5 Å². The van der Waals surface area contributed by atoms with Crippen molar-refractivity contribution in [2.24, 2.45) is 11.8 Å². The summed E-state index contributed by atoms with van der Waals surface area (Å²) in [5, 5.41) is 3.14. The molecular formula is C28H39N3O. The molecule has 1 saturated heterocycles. The number of benzene rings is 2. The fourth-order valence-electron chi connectivity index (χ4n) is 5.26. The predicted molar refractivity (Wildman–Crippen MR) is 133 cm³/mol. The number of hydrogen-bond donors (Lipinski definition) is 1. The zero-order valence-corrected chi connectivity index (χ0v) is 19.4. The summed E-state index contributed by atoms with van der Waals surface area (Å²) >= 11 is 0. The summed E-state index contributed by atoms with van der Waals surface area (Å²) in [6, 6.07) is 21.1. The lowest BCUT2D eigenvalue weighted by atomic mass is 9.89. The Morgan fingerprint density at radius 3 is 2.22 bits per heavy atom. The van der Waals surface area contributed by atoms with Crippen LogP contribution >= 0.6 is 0 Å². The zero-order valence-electron chi connectivity index (χ0n) is 19.4. The highest BCUT2D eigenvalue weighted by atomic mass is 16.1. The third-order valence-electron chi connectivity index (χ3n) is 7.28. The first-order chi connectivity index (χ1) is 15.8. The van der Waals surface area contributed by atoms with E-state index >= 15 is 0 Å². The van der Waals surface area contributed by atoms with Gasteiger partial charge in [0.25, 0.3) is 0 Å². The molecule has 1 amide bonds. The van der Waals surface area contributed by atoms with Crippen molar-refractivity contribution in [3.63, 3.8) is 0 Å². The van der Waals surface area contributed by atoms with Crippen molar-refractivity contribution in [2.75, 3.05) is 37.6 Å².